The van der Waals surface area contributed by atoms with E-state index in [0.717, 1.165) is 36.4 Å². The zero-order chi connectivity index (χ0) is 30.3. The predicted octanol–water partition coefficient (Wildman–Crippen LogP) is 7.10. The van der Waals surface area contributed by atoms with E-state index in [1.54, 1.807) is 42.5 Å². The van der Waals surface area contributed by atoms with Crippen LogP contribution < -0.4 is 9.62 Å². The standard InChI is InChI=1S/C31H34Cl3N3O4S/c1-2-29(31(39)35-23-12-5-3-6-13-23)36(20-22-11-9-10-16-26(22)32)30(38)21-37(24-17-18-27(33)28(34)19-24)42(40,41)25-14-7-4-8-15-25/h4,7-11,14-19,23,29H,2-3,5-6,12-13,20-21H2,1H3,(H,35,39)/t29-/m1/s1. The van der Waals surface area contributed by atoms with E-state index in [-0.39, 0.29) is 39.1 Å². The SMILES string of the molecule is CC[C@H](C(=O)NC1CCCCC1)N(Cc1ccccc1Cl)C(=O)CN(c1ccc(Cl)c(Cl)c1)S(=O)(=O)c1ccccc1. The molecule has 1 N–H and O–H groups in total. The molecule has 0 saturated heterocycles. The van der Waals surface area contributed by atoms with Gasteiger partial charge in [-0.3, -0.25) is 13.9 Å². The van der Waals surface area contributed by atoms with E-state index in [0.29, 0.717) is 17.0 Å². The first-order chi connectivity index (χ1) is 20.1. The molecule has 3 aromatic rings. The molecular weight excluding hydrogens is 617 g/mol. The molecule has 0 aromatic heterocycles. The first-order valence-corrected chi connectivity index (χ1v) is 16.5. The molecule has 7 nitrogen and oxygen atoms in total. The Kier molecular flexibility index (Phi) is 11.2. The number of benzene rings is 3. The Bertz CT molecular complexity index is 1500. The number of amides is 2. The summed E-state index contributed by atoms with van der Waals surface area (Å²) in [6, 6.07) is 18.5. The Hall–Kier alpha value is -2.78. The largest absolute Gasteiger partial charge is 0.352 e. The van der Waals surface area contributed by atoms with Crippen molar-refractivity contribution in [1.82, 2.24) is 10.2 Å². The molecule has 1 aliphatic carbocycles. The highest BCUT2D eigenvalue weighted by atomic mass is 35.5. The van der Waals surface area contributed by atoms with Gasteiger partial charge in [-0.1, -0.05) is 97.4 Å². The van der Waals surface area contributed by atoms with E-state index < -0.39 is 28.5 Å². The number of carbonyl (C=O) groups excluding carboxylic acids is 2. The van der Waals surface area contributed by atoms with Gasteiger partial charge < -0.3 is 10.2 Å². The Balaban J connectivity index is 1.72. The lowest BCUT2D eigenvalue weighted by Gasteiger charge is -2.34. The highest BCUT2D eigenvalue weighted by Crippen LogP contribution is 2.31. The van der Waals surface area contributed by atoms with Crippen LogP contribution in [0.1, 0.15) is 51.0 Å². The third-order valence-corrected chi connectivity index (χ3v) is 10.3. The maximum absolute atomic E-state index is 14.2. The number of hydrogen-bond donors (Lipinski definition) is 1. The topological polar surface area (TPSA) is 86.8 Å². The first kappa shape index (κ1) is 32.1. The van der Waals surface area contributed by atoms with Crippen LogP contribution in [0, 0.1) is 0 Å². The smallest absolute Gasteiger partial charge is 0.264 e. The fourth-order valence-electron chi connectivity index (χ4n) is 5.16. The van der Waals surface area contributed by atoms with Crippen LogP contribution in [0.25, 0.3) is 0 Å². The average Bonchev–Trinajstić information content (AvgIpc) is 2.99. The fourth-order valence-corrected chi connectivity index (χ4v) is 7.08. The zero-order valence-electron chi connectivity index (χ0n) is 23.3. The zero-order valence-corrected chi connectivity index (χ0v) is 26.4. The second kappa shape index (κ2) is 14.6. The van der Waals surface area contributed by atoms with Gasteiger partial charge in [-0.2, -0.15) is 0 Å². The number of halogens is 3. The first-order valence-electron chi connectivity index (χ1n) is 14.0. The number of rotatable bonds is 11. The molecule has 4 rings (SSSR count). The van der Waals surface area contributed by atoms with Crippen LogP contribution in [0.5, 0.6) is 0 Å². The molecule has 42 heavy (non-hydrogen) atoms. The van der Waals surface area contributed by atoms with Crippen molar-refractivity contribution < 1.29 is 18.0 Å². The fraction of sp³-hybridized carbons (Fsp3) is 0.355. The predicted molar refractivity (Wildman–Crippen MR) is 169 cm³/mol. The molecule has 1 fully saturated rings. The third-order valence-electron chi connectivity index (χ3n) is 7.44. The van der Waals surface area contributed by atoms with Gasteiger partial charge in [0.15, 0.2) is 0 Å². The van der Waals surface area contributed by atoms with Gasteiger partial charge in [0.2, 0.25) is 11.8 Å². The molecule has 2 amide bonds. The van der Waals surface area contributed by atoms with E-state index in [1.165, 1.54) is 35.2 Å². The molecule has 1 saturated carbocycles. The minimum Gasteiger partial charge on any atom is -0.352 e. The van der Waals surface area contributed by atoms with Gasteiger partial charge in [0.05, 0.1) is 20.6 Å². The summed E-state index contributed by atoms with van der Waals surface area (Å²) in [7, 11) is -4.21. The summed E-state index contributed by atoms with van der Waals surface area (Å²) in [5, 5.41) is 3.96. The summed E-state index contributed by atoms with van der Waals surface area (Å²) in [5.74, 6) is -0.831. The van der Waals surface area contributed by atoms with Crippen molar-refractivity contribution in [1.29, 1.82) is 0 Å². The van der Waals surface area contributed by atoms with Crippen molar-refractivity contribution in [3.8, 4) is 0 Å². The van der Waals surface area contributed by atoms with Crippen molar-refractivity contribution in [3.05, 3.63) is 93.4 Å². The van der Waals surface area contributed by atoms with Crippen LogP contribution in [0.3, 0.4) is 0 Å². The summed E-state index contributed by atoms with van der Waals surface area (Å²) in [6.45, 7) is 1.28. The number of anilines is 1. The molecule has 224 valence electrons. The molecule has 0 heterocycles. The van der Waals surface area contributed by atoms with Crippen molar-refractivity contribution in [2.75, 3.05) is 10.8 Å². The van der Waals surface area contributed by atoms with Crippen molar-refractivity contribution >= 4 is 62.3 Å². The second-order valence-electron chi connectivity index (χ2n) is 10.3. The summed E-state index contributed by atoms with van der Waals surface area (Å²) in [4.78, 5) is 29.2. The lowest BCUT2D eigenvalue weighted by atomic mass is 9.95. The maximum Gasteiger partial charge on any atom is 0.264 e. The van der Waals surface area contributed by atoms with E-state index in [1.807, 2.05) is 6.92 Å². The summed E-state index contributed by atoms with van der Waals surface area (Å²) < 4.78 is 28.8. The van der Waals surface area contributed by atoms with Crippen molar-refractivity contribution in [2.45, 2.75) is 69.0 Å². The van der Waals surface area contributed by atoms with Gasteiger partial charge in [-0.05, 0) is 61.2 Å². The minimum atomic E-state index is -4.21. The second-order valence-corrected chi connectivity index (χ2v) is 13.4. The highest BCUT2D eigenvalue weighted by Gasteiger charge is 2.34. The molecular formula is C31H34Cl3N3O4S. The van der Waals surface area contributed by atoms with Crippen LogP contribution >= 0.6 is 34.8 Å². The Morgan fingerprint density at radius 1 is 0.881 bits per heavy atom. The number of hydrogen-bond acceptors (Lipinski definition) is 4. The average molecular weight is 651 g/mol. The monoisotopic (exact) mass is 649 g/mol. The lowest BCUT2D eigenvalue weighted by molar-refractivity contribution is -0.140. The summed E-state index contributed by atoms with van der Waals surface area (Å²) in [6.07, 6.45) is 5.33. The van der Waals surface area contributed by atoms with E-state index in [9.17, 15) is 18.0 Å². The van der Waals surface area contributed by atoms with Gasteiger partial charge in [-0.15, -0.1) is 0 Å². The summed E-state index contributed by atoms with van der Waals surface area (Å²) >= 11 is 18.9. The third kappa shape index (κ3) is 7.78. The van der Waals surface area contributed by atoms with Gasteiger partial charge >= 0.3 is 0 Å². The van der Waals surface area contributed by atoms with Gasteiger partial charge in [-0.25, -0.2) is 8.42 Å². The van der Waals surface area contributed by atoms with E-state index >= 15 is 0 Å². The Morgan fingerprint density at radius 2 is 1.55 bits per heavy atom. The molecule has 0 unspecified atom stereocenters. The van der Waals surface area contributed by atoms with Crippen molar-refractivity contribution in [2.24, 2.45) is 0 Å². The van der Waals surface area contributed by atoms with E-state index in [2.05, 4.69) is 5.32 Å². The number of nitrogens with one attached hydrogen (secondary N) is 1. The Morgan fingerprint density at radius 3 is 2.19 bits per heavy atom. The number of carbonyl (C=O) groups is 2. The maximum atomic E-state index is 14.2. The molecule has 3 aromatic carbocycles. The lowest BCUT2D eigenvalue weighted by Crippen LogP contribution is -2.54. The summed E-state index contributed by atoms with van der Waals surface area (Å²) in [5.41, 5.74) is 0.808. The molecule has 1 aliphatic rings. The highest BCUT2D eigenvalue weighted by molar-refractivity contribution is 7.92. The van der Waals surface area contributed by atoms with Crippen LogP contribution in [-0.4, -0.2) is 43.8 Å². The van der Waals surface area contributed by atoms with Crippen LogP contribution in [0.2, 0.25) is 15.1 Å². The van der Waals surface area contributed by atoms with Gasteiger partial charge in [0, 0.05) is 17.6 Å². The van der Waals surface area contributed by atoms with Crippen LogP contribution in [0.4, 0.5) is 5.69 Å². The normalized spacial score (nSPS) is 14.7. The van der Waals surface area contributed by atoms with E-state index in [4.69, 9.17) is 34.8 Å². The Labute approximate surface area is 262 Å². The number of sulfonamides is 1. The minimum absolute atomic E-state index is 0.00334. The van der Waals surface area contributed by atoms with Gasteiger partial charge in [0.1, 0.15) is 12.6 Å². The molecule has 11 heteroatoms. The molecule has 0 bridgehead atoms. The van der Waals surface area contributed by atoms with Gasteiger partial charge in [0.25, 0.3) is 10.0 Å². The molecule has 0 radical (unpaired) electrons. The van der Waals surface area contributed by atoms with Crippen LogP contribution in [-0.2, 0) is 26.2 Å². The van der Waals surface area contributed by atoms with Crippen molar-refractivity contribution in [3.63, 3.8) is 0 Å². The molecule has 0 spiro atoms. The molecule has 0 aliphatic heterocycles. The number of nitrogens with zero attached hydrogens (tertiary/aromatic N) is 2. The van der Waals surface area contributed by atoms with Crippen LogP contribution in [0.15, 0.2) is 77.7 Å². The molecule has 1 atom stereocenters. The quantitative estimate of drug-likeness (QED) is 0.240.